The van der Waals surface area contributed by atoms with E-state index in [1.807, 2.05) is 6.92 Å². The maximum absolute atomic E-state index is 9.91. The Balaban J connectivity index is 2.75. The molecule has 0 saturated carbocycles. The fourth-order valence-corrected chi connectivity index (χ4v) is 2.04. The maximum Gasteiger partial charge on any atom is 0.106 e. The highest BCUT2D eigenvalue weighted by Crippen LogP contribution is 2.29. The molecule has 2 nitrogen and oxygen atoms in total. The predicted octanol–water partition coefficient (Wildman–Crippen LogP) is 3.58. The minimum Gasteiger partial charge on any atom is -0.390 e. The smallest absolute Gasteiger partial charge is 0.106 e. The van der Waals surface area contributed by atoms with E-state index in [2.05, 4.69) is 0 Å². The van der Waals surface area contributed by atoms with Crippen molar-refractivity contribution in [2.75, 3.05) is 0 Å². The molecule has 0 aliphatic carbocycles. The van der Waals surface area contributed by atoms with Crippen molar-refractivity contribution in [2.24, 2.45) is 0 Å². The number of unbranched alkanes of at least 4 members (excludes halogenated alkanes) is 1. The third-order valence-corrected chi connectivity index (χ3v) is 3.06. The van der Waals surface area contributed by atoms with Crippen molar-refractivity contribution in [3.05, 3.63) is 33.8 Å². The molecule has 4 heteroatoms. The average molecular weight is 263 g/mol. The van der Waals surface area contributed by atoms with Gasteiger partial charge in [0, 0.05) is 15.6 Å². The van der Waals surface area contributed by atoms with Crippen molar-refractivity contribution in [3.63, 3.8) is 0 Å². The normalized spacial score (nSPS) is 14.8. The van der Waals surface area contributed by atoms with Gasteiger partial charge in [-0.05, 0) is 18.6 Å². The van der Waals surface area contributed by atoms with E-state index in [0.29, 0.717) is 22.0 Å². The summed E-state index contributed by atoms with van der Waals surface area (Å²) >= 11 is 11.7. The van der Waals surface area contributed by atoms with Gasteiger partial charge < -0.3 is 10.2 Å². The summed E-state index contributed by atoms with van der Waals surface area (Å²) in [7, 11) is 0. The minimum atomic E-state index is -0.948. The summed E-state index contributed by atoms with van der Waals surface area (Å²) in [6.07, 6.45) is 0.702. The van der Waals surface area contributed by atoms with Crippen LogP contribution in [0.5, 0.6) is 0 Å². The summed E-state index contributed by atoms with van der Waals surface area (Å²) in [5.74, 6) is 0. The summed E-state index contributed by atoms with van der Waals surface area (Å²) in [4.78, 5) is 0. The topological polar surface area (TPSA) is 40.5 Å². The molecule has 0 bridgehead atoms. The zero-order valence-corrected chi connectivity index (χ0v) is 10.7. The zero-order valence-electron chi connectivity index (χ0n) is 9.16. The maximum atomic E-state index is 9.91. The van der Waals surface area contributed by atoms with Gasteiger partial charge in [0.05, 0.1) is 6.10 Å². The Morgan fingerprint density at radius 1 is 1.25 bits per heavy atom. The van der Waals surface area contributed by atoms with Crippen LogP contribution in [0.3, 0.4) is 0 Å². The van der Waals surface area contributed by atoms with Gasteiger partial charge in [0.1, 0.15) is 6.10 Å². The molecule has 2 atom stereocenters. The second-order valence-electron chi connectivity index (χ2n) is 3.82. The Morgan fingerprint density at radius 2 is 1.94 bits per heavy atom. The molecular formula is C12H16Cl2O2. The molecule has 0 fully saturated rings. The van der Waals surface area contributed by atoms with Gasteiger partial charge in [0.25, 0.3) is 0 Å². The van der Waals surface area contributed by atoms with Gasteiger partial charge in [-0.3, -0.25) is 0 Å². The quantitative estimate of drug-likeness (QED) is 0.852. The van der Waals surface area contributed by atoms with E-state index in [4.69, 9.17) is 23.2 Å². The van der Waals surface area contributed by atoms with Crippen molar-refractivity contribution in [2.45, 2.75) is 38.4 Å². The Morgan fingerprint density at radius 3 is 2.50 bits per heavy atom. The van der Waals surface area contributed by atoms with Crippen LogP contribution in [0.4, 0.5) is 0 Å². The van der Waals surface area contributed by atoms with E-state index in [-0.39, 0.29) is 0 Å². The van der Waals surface area contributed by atoms with Crippen molar-refractivity contribution < 1.29 is 10.2 Å². The highest BCUT2D eigenvalue weighted by atomic mass is 35.5. The highest BCUT2D eigenvalue weighted by Gasteiger charge is 2.20. The number of rotatable bonds is 5. The van der Waals surface area contributed by atoms with Gasteiger partial charge in [0.15, 0.2) is 0 Å². The molecule has 1 unspecified atom stereocenters. The standard InChI is InChI=1S/C12H16Cl2O2/c1-2-3-4-11(15)12(16)9-6-5-8(13)7-10(9)14/h5-7,11-12,15-16H,2-4H2,1H3/t11-,12?/m1/s1. The Bertz CT molecular complexity index is 342. The molecule has 0 heterocycles. The van der Waals surface area contributed by atoms with Gasteiger partial charge >= 0.3 is 0 Å². The van der Waals surface area contributed by atoms with E-state index in [1.54, 1.807) is 18.2 Å². The van der Waals surface area contributed by atoms with E-state index in [1.165, 1.54) is 0 Å². The third-order valence-electron chi connectivity index (χ3n) is 2.50. The average Bonchev–Trinajstić information content (AvgIpc) is 2.25. The first-order valence-electron chi connectivity index (χ1n) is 5.37. The molecule has 0 saturated heterocycles. The molecule has 1 aromatic carbocycles. The molecule has 90 valence electrons. The van der Waals surface area contributed by atoms with E-state index in [9.17, 15) is 10.2 Å². The Hall–Kier alpha value is -0.280. The second kappa shape index (κ2) is 6.45. The van der Waals surface area contributed by atoms with Crippen LogP contribution in [-0.4, -0.2) is 16.3 Å². The minimum absolute atomic E-state index is 0.385. The van der Waals surface area contributed by atoms with Gasteiger partial charge in [-0.1, -0.05) is 49.0 Å². The second-order valence-corrected chi connectivity index (χ2v) is 4.66. The molecule has 0 aliphatic rings. The van der Waals surface area contributed by atoms with Crippen LogP contribution in [0.25, 0.3) is 0 Å². The summed E-state index contributed by atoms with van der Waals surface area (Å²) in [6.45, 7) is 2.04. The summed E-state index contributed by atoms with van der Waals surface area (Å²) < 4.78 is 0. The number of aliphatic hydroxyl groups is 2. The number of hydrogen-bond acceptors (Lipinski definition) is 2. The van der Waals surface area contributed by atoms with E-state index < -0.39 is 12.2 Å². The van der Waals surface area contributed by atoms with Crippen LogP contribution in [0.2, 0.25) is 10.0 Å². The SMILES string of the molecule is CCCC[C@@H](O)C(O)c1ccc(Cl)cc1Cl. The molecule has 0 aliphatic heterocycles. The first kappa shape index (κ1) is 13.8. The Kier molecular flexibility index (Phi) is 5.56. The fraction of sp³-hybridized carbons (Fsp3) is 0.500. The van der Waals surface area contributed by atoms with Crippen molar-refractivity contribution in [1.29, 1.82) is 0 Å². The molecule has 2 N–H and O–H groups in total. The lowest BCUT2D eigenvalue weighted by atomic mass is 10.0. The molecular weight excluding hydrogens is 247 g/mol. The summed E-state index contributed by atoms with van der Waals surface area (Å²) in [6, 6.07) is 4.86. The predicted molar refractivity (Wildman–Crippen MR) is 67.0 cm³/mol. The van der Waals surface area contributed by atoms with Crippen LogP contribution in [-0.2, 0) is 0 Å². The molecule has 16 heavy (non-hydrogen) atoms. The van der Waals surface area contributed by atoms with Gasteiger partial charge in [-0.15, -0.1) is 0 Å². The third kappa shape index (κ3) is 3.63. The molecule has 1 rings (SSSR count). The first-order chi connectivity index (χ1) is 7.56. The van der Waals surface area contributed by atoms with Crippen LogP contribution in [0, 0.1) is 0 Å². The lowest BCUT2D eigenvalue weighted by molar-refractivity contribution is 0.0123. The van der Waals surface area contributed by atoms with Crippen LogP contribution in [0.1, 0.15) is 37.9 Å². The molecule has 0 spiro atoms. The van der Waals surface area contributed by atoms with E-state index >= 15 is 0 Å². The van der Waals surface area contributed by atoms with Crippen LogP contribution < -0.4 is 0 Å². The number of hydrogen-bond donors (Lipinski definition) is 2. The lowest BCUT2D eigenvalue weighted by Crippen LogP contribution is -2.18. The molecule has 0 radical (unpaired) electrons. The summed E-state index contributed by atoms with van der Waals surface area (Å²) in [5.41, 5.74) is 0.523. The van der Waals surface area contributed by atoms with Gasteiger partial charge in [-0.25, -0.2) is 0 Å². The van der Waals surface area contributed by atoms with Crippen LogP contribution in [0.15, 0.2) is 18.2 Å². The number of aliphatic hydroxyl groups excluding tert-OH is 2. The molecule has 0 amide bonds. The van der Waals surface area contributed by atoms with Gasteiger partial charge in [-0.2, -0.15) is 0 Å². The van der Waals surface area contributed by atoms with Crippen LogP contribution >= 0.6 is 23.2 Å². The molecule has 0 aromatic heterocycles. The van der Waals surface area contributed by atoms with Crippen molar-refractivity contribution >= 4 is 23.2 Å². The molecule has 1 aromatic rings. The van der Waals surface area contributed by atoms with Crippen molar-refractivity contribution in [3.8, 4) is 0 Å². The monoisotopic (exact) mass is 262 g/mol. The van der Waals surface area contributed by atoms with Gasteiger partial charge in [0.2, 0.25) is 0 Å². The lowest BCUT2D eigenvalue weighted by Gasteiger charge is -2.19. The number of benzene rings is 1. The largest absolute Gasteiger partial charge is 0.390 e. The highest BCUT2D eigenvalue weighted by molar-refractivity contribution is 6.35. The fourth-order valence-electron chi connectivity index (χ4n) is 1.52. The first-order valence-corrected chi connectivity index (χ1v) is 6.13. The zero-order chi connectivity index (χ0) is 12.1. The van der Waals surface area contributed by atoms with Crippen molar-refractivity contribution in [1.82, 2.24) is 0 Å². The Labute approximate surface area is 106 Å². The number of halogens is 2. The van der Waals surface area contributed by atoms with E-state index in [0.717, 1.165) is 12.8 Å². The summed E-state index contributed by atoms with van der Waals surface area (Å²) in [5, 5.41) is 20.6.